The minimum Gasteiger partial charge on any atom is -0.399 e. The molecule has 5 rings (SSSR count). The van der Waals surface area contributed by atoms with Crippen molar-refractivity contribution < 1.29 is 9.31 Å². The van der Waals surface area contributed by atoms with E-state index >= 15 is 0 Å². The standard InChI is InChI=1S/C34H44BNO2/c1-32(2,3)28-16-8-24(9-17-28)26-12-20-30(21-13-26)36-31-22-14-27(15-23-31)25-10-18-29(19-11-25)35-37-33(4,5)34(6,7)38-35/h8-10,12-14,16-22,25,27,31,36H,11,15,23H2,1-7H3. The molecule has 0 bridgehead atoms. The van der Waals surface area contributed by atoms with Crippen LogP contribution in [0.3, 0.4) is 0 Å². The van der Waals surface area contributed by atoms with E-state index in [-0.39, 0.29) is 23.7 Å². The Morgan fingerprint density at radius 3 is 1.87 bits per heavy atom. The van der Waals surface area contributed by atoms with E-state index in [2.05, 4.69) is 133 Å². The van der Waals surface area contributed by atoms with Crippen LogP contribution < -0.4 is 5.32 Å². The molecule has 3 unspecified atom stereocenters. The normalized spacial score (nSPS) is 26.3. The van der Waals surface area contributed by atoms with Crippen LogP contribution in [-0.4, -0.2) is 24.4 Å². The first kappa shape index (κ1) is 27.0. The maximum atomic E-state index is 6.24. The van der Waals surface area contributed by atoms with Gasteiger partial charge in [0.2, 0.25) is 0 Å². The molecule has 1 heterocycles. The highest BCUT2D eigenvalue weighted by molar-refractivity contribution is 6.55. The average molecular weight is 510 g/mol. The number of hydrogen-bond acceptors (Lipinski definition) is 3. The van der Waals surface area contributed by atoms with Crippen LogP contribution in [0.15, 0.2) is 84.4 Å². The molecular formula is C34H44BNO2. The quantitative estimate of drug-likeness (QED) is 0.324. The van der Waals surface area contributed by atoms with Gasteiger partial charge in [0.1, 0.15) is 0 Å². The highest BCUT2D eigenvalue weighted by Crippen LogP contribution is 2.40. The zero-order valence-corrected chi connectivity index (χ0v) is 24.3. The maximum absolute atomic E-state index is 6.24. The summed E-state index contributed by atoms with van der Waals surface area (Å²) in [6, 6.07) is 18.2. The third-order valence-corrected chi connectivity index (χ3v) is 8.96. The van der Waals surface area contributed by atoms with Gasteiger partial charge in [-0.2, -0.15) is 0 Å². The first-order chi connectivity index (χ1) is 17.9. The van der Waals surface area contributed by atoms with Gasteiger partial charge in [-0.15, -0.1) is 0 Å². The second-order valence-corrected chi connectivity index (χ2v) is 13.3. The van der Waals surface area contributed by atoms with E-state index in [0.717, 1.165) is 18.3 Å². The highest BCUT2D eigenvalue weighted by Gasteiger charge is 2.52. The van der Waals surface area contributed by atoms with Gasteiger partial charge in [-0.25, -0.2) is 0 Å². The Labute approximate surface area is 230 Å². The van der Waals surface area contributed by atoms with E-state index in [1.807, 2.05) is 0 Å². The zero-order valence-electron chi connectivity index (χ0n) is 24.3. The maximum Gasteiger partial charge on any atom is 0.494 e. The summed E-state index contributed by atoms with van der Waals surface area (Å²) in [5.41, 5.74) is 5.82. The molecule has 3 aliphatic rings. The van der Waals surface area contributed by atoms with Crippen LogP contribution in [0.25, 0.3) is 11.1 Å². The fraction of sp³-hybridized carbons (Fsp3) is 0.471. The number of rotatable bonds is 5. The van der Waals surface area contributed by atoms with E-state index in [1.165, 1.54) is 28.8 Å². The van der Waals surface area contributed by atoms with E-state index in [4.69, 9.17) is 9.31 Å². The fourth-order valence-corrected chi connectivity index (χ4v) is 5.58. The molecule has 4 heteroatoms. The van der Waals surface area contributed by atoms with E-state index in [0.29, 0.717) is 17.9 Å². The van der Waals surface area contributed by atoms with Crippen LogP contribution in [0.4, 0.5) is 5.69 Å². The second-order valence-electron chi connectivity index (χ2n) is 13.3. The SMILES string of the molecule is CC(C)(C)c1ccc(-c2ccc(NC3C=CC(C4C=CC(B5OC(C)(C)C(C)(C)O5)=CC4)CC3)cc2)cc1. The van der Waals surface area contributed by atoms with Gasteiger partial charge in [0.05, 0.1) is 11.2 Å². The summed E-state index contributed by atoms with van der Waals surface area (Å²) < 4.78 is 12.5. The van der Waals surface area contributed by atoms with Gasteiger partial charge in [0.25, 0.3) is 0 Å². The van der Waals surface area contributed by atoms with Crippen molar-refractivity contribution in [1.29, 1.82) is 0 Å². The van der Waals surface area contributed by atoms with Crippen LogP contribution in [-0.2, 0) is 14.7 Å². The van der Waals surface area contributed by atoms with Crippen molar-refractivity contribution in [3.8, 4) is 11.1 Å². The molecule has 0 radical (unpaired) electrons. The molecular weight excluding hydrogens is 465 g/mol. The Morgan fingerprint density at radius 2 is 1.37 bits per heavy atom. The van der Waals surface area contributed by atoms with Gasteiger partial charge in [-0.3, -0.25) is 0 Å². The first-order valence-corrected chi connectivity index (χ1v) is 14.3. The summed E-state index contributed by atoms with van der Waals surface area (Å²) in [5.74, 6) is 1.13. The Balaban J connectivity index is 1.13. The Bertz CT molecular complexity index is 1200. The molecule has 38 heavy (non-hydrogen) atoms. The Kier molecular flexibility index (Phi) is 7.26. The van der Waals surface area contributed by atoms with Gasteiger partial charge in [-0.1, -0.05) is 87.5 Å². The predicted molar refractivity (Wildman–Crippen MR) is 161 cm³/mol. The minimum absolute atomic E-state index is 0.181. The van der Waals surface area contributed by atoms with Crippen molar-refractivity contribution in [1.82, 2.24) is 0 Å². The summed E-state index contributed by atoms with van der Waals surface area (Å²) in [6.07, 6.45) is 15.1. The lowest BCUT2D eigenvalue weighted by Crippen LogP contribution is -2.41. The molecule has 0 spiro atoms. The summed E-state index contributed by atoms with van der Waals surface area (Å²) >= 11 is 0. The predicted octanol–water partition coefficient (Wildman–Crippen LogP) is 8.53. The van der Waals surface area contributed by atoms with Gasteiger partial charge >= 0.3 is 7.12 Å². The van der Waals surface area contributed by atoms with Crippen LogP contribution in [0.2, 0.25) is 0 Å². The van der Waals surface area contributed by atoms with E-state index in [1.54, 1.807) is 0 Å². The molecule has 2 aliphatic carbocycles. The average Bonchev–Trinajstić information content (AvgIpc) is 3.11. The minimum atomic E-state index is -0.296. The first-order valence-electron chi connectivity index (χ1n) is 14.3. The lowest BCUT2D eigenvalue weighted by molar-refractivity contribution is 0.00578. The molecule has 2 aromatic carbocycles. The largest absolute Gasteiger partial charge is 0.494 e. The molecule has 1 N–H and O–H groups in total. The van der Waals surface area contributed by atoms with Crippen molar-refractivity contribution in [2.45, 2.75) is 90.4 Å². The number of benzene rings is 2. The van der Waals surface area contributed by atoms with Crippen LogP contribution in [0.5, 0.6) is 0 Å². The zero-order chi connectivity index (χ0) is 27.1. The Hall–Kier alpha value is -2.56. The van der Waals surface area contributed by atoms with Crippen molar-refractivity contribution in [2.24, 2.45) is 11.8 Å². The van der Waals surface area contributed by atoms with Gasteiger partial charge < -0.3 is 14.6 Å². The number of allylic oxidation sites excluding steroid dienone is 5. The summed E-state index contributed by atoms with van der Waals surface area (Å²) in [6.45, 7) is 15.2. The number of nitrogens with one attached hydrogen (secondary N) is 1. The summed E-state index contributed by atoms with van der Waals surface area (Å²) in [5, 5.41) is 3.72. The van der Waals surface area contributed by atoms with Gasteiger partial charge in [-0.05, 0) is 98.5 Å². The highest BCUT2D eigenvalue weighted by atomic mass is 16.7. The third kappa shape index (κ3) is 5.72. The summed E-state index contributed by atoms with van der Waals surface area (Å²) in [4.78, 5) is 0. The smallest absolute Gasteiger partial charge is 0.399 e. The van der Waals surface area contributed by atoms with E-state index in [9.17, 15) is 0 Å². The number of hydrogen-bond donors (Lipinski definition) is 1. The monoisotopic (exact) mass is 509 g/mol. The molecule has 2 aromatic rings. The molecule has 1 saturated heterocycles. The molecule has 3 nitrogen and oxygen atoms in total. The molecule has 3 atom stereocenters. The lowest BCUT2D eigenvalue weighted by atomic mass is 9.71. The van der Waals surface area contributed by atoms with Crippen LogP contribution in [0.1, 0.15) is 73.3 Å². The second kappa shape index (κ2) is 10.2. The third-order valence-electron chi connectivity index (χ3n) is 8.96. The van der Waals surface area contributed by atoms with Gasteiger partial charge in [0, 0.05) is 11.7 Å². The van der Waals surface area contributed by atoms with Crippen molar-refractivity contribution >= 4 is 12.8 Å². The van der Waals surface area contributed by atoms with Crippen LogP contribution >= 0.6 is 0 Å². The molecule has 1 aliphatic heterocycles. The van der Waals surface area contributed by atoms with Crippen LogP contribution in [0, 0.1) is 11.8 Å². The van der Waals surface area contributed by atoms with Crippen molar-refractivity contribution in [2.75, 3.05) is 5.32 Å². The molecule has 200 valence electrons. The molecule has 0 saturated carbocycles. The molecule has 0 amide bonds. The summed E-state index contributed by atoms with van der Waals surface area (Å²) in [7, 11) is -0.262. The van der Waals surface area contributed by atoms with Crippen molar-refractivity contribution in [3.63, 3.8) is 0 Å². The number of anilines is 1. The Morgan fingerprint density at radius 1 is 0.763 bits per heavy atom. The molecule has 0 aromatic heterocycles. The lowest BCUT2D eigenvalue weighted by Gasteiger charge is -2.32. The fourth-order valence-electron chi connectivity index (χ4n) is 5.58. The topological polar surface area (TPSA) is 30.5 Å². The van der Waals surface area contributed by atoms with Crippen molar-refractivity contribution in [3.05, 3.63) is 89.9 Å². The molecule has 1 fully saturated rings. The van der Waals surface area contributed by atoms with E-state index < -0.39 is 0 Å². The van der Waals surface area contributed by atoms with Gasteiger partial charge in [0.15, 0.2) is 0 Å².